The summed E-state index contributed by atoms with van der Waals surface area (Å²) in [5.41, 5.74) is 15.5. The number of nitriles is 1. The Kier molecular flexibility index (Phi) is 4.92. The largest absolute Gasteiger partial charge is 0.397 e. The number of hydrogen-bond acceptors (Lipinski definition) is 7. The highest BCUT2D eigenvalue weighted by Gasteiger charge is 2.24. The van der Waals surface area contributed by atoms with Crippen LogP contribution in [0.2, 0.25) is 0 Å². The van der Waals surface area contributed by atoms with Crippen LogP contribution in [0.25, 0.3) is 21.3 Å². The van der Waals surface area contributed by atoms with E-state index < -0.39 is 0 Å². The minimum absolute atomic E-state index is 0.127. The zero-order valence-electron chi connectivity index (χ0n) is 15.5. The molecule has 0 radical (unpaired) electrons. The van der Waals surface area contributed by atoms with Gasteiger partial charge >= 0.3 is 0 Å². The van der Waals surface area contributed by atoms with Crippen molar-refractivity contribution in [3.8, 4) is 17.2 Å². The molecule has 0 bridgehead atoms. The van der Waals surface area contributed by atoms with E-state index in [1.165, 1.54) is 11.3 Å². The number of carbonyl (C=O) groups excluding carboxylic acids is 1. The lowest BCUT2D eigenvalue weighted by atomic mass is 9.96. The molecular formula is C21H17N5OS2. The molecular weight excluding hydrogens is 402 g/mol. The summed E-state index contributed by atoms with van der Waals surface area (Å²) >= 11 is 2.75. The van der Waals surface area contributed by atoms with Gasteiger partial charge < -0.3 is 16.8 Å². The number of nitrogens with zero attached hydrogens (tertiary/aromatic N) is 2. The topological polar surface area (TPSA) is 118 Å². The predicted molar refractivity (Wildman–Crippen MR) is 119 cm³/mol. The summed E-state index contributed by atoms with van der Waals surface area (Å²) in [6.45, 7) is 2.41. The van der Waals surface area contributed by atoms with E-state index in [0.29, 0.717) is 32.9 Å². The maximum absolute atomic E-state index is 12.8. The smallest absolute Gasteiger partial charge is 0.263 e. The van der Waals surface area contributed by atoms with Crippen LogP contribution in [0.4, 0.5) is 11.5 Å². The number of nitrogen functional groups attached to an aromatic ring is 2. The van der Waals surface area contributed by atoms with E-state index in [9.17, 15) is 10.1 Å². The van der Waals surface area contributed by atoms with Crippen molar-refractivity contribution >= 4 is 50.3 Å². The molecule has 6 nitrogen and oxygen atoms in total. The monoisotopic (exact) mass is 419 g/mol. The summed E-state index contributed by atoms with van der Waals surface area (Å²) in [6, 6.07) is 13.8. The first-order chi connectivity index (χ1) is 14.0. The molecule has 0 fully saturated rings. The Morgan fingerprint density at radius 2 is 2.00 bits per heavy atom. The lowest BCUT2D eigenvalue weighted by Gasteiger charge is -2.10. The number of nitrogens with two attached hydrogens (primary N) is 2. The van der Waals surface area contributed by atoms with E-state index in [-0.39, 0.29) is 17.3 Å². The van der Waals surface area contributed by atoms with Gasteiger partial charge in [-0.2, -0.15) is 5.26 Å². The molecule has 29 heavy (non-hydrogen) atoms. The highest BCUT2D eigenvalue weighted by molar-refractivity contribution is 7.21. The zero-order valence-corrected chi connectivity index (χ0v) is 17.2. The Labute approximate surface area is 175 Å². The van der Waals surface area contributed by atoms with Crippen LogP contribution < -0.4 is 16.8 Å². The normalized spacial score (nSPS) is 10.8. The van der Waals surface area contributed by atoms with Crippen molar-refractivity contribution in [2.75, 3.05) is 11.5 Å². The van der Waals surface area contributed by atoms with Crippen LogP contribution >= 0.6 is 22.7 Å². The summed E-state index contributed by atoms with van der Waals surface area (Å²) in [7, 11) is 0. The molecule has 0 aliphatic rings. The second-order valence-electron chi connectivity index (χ2n) is 6.51. The van der Waals surface area contributed by atoms with Crippen LogP contribution in [-0.4, -0.2) is 10.9 Å². The van der Waals surface area contributed by atoms with Gasteiger partial charge in [0.2, 0.25) is 0 Å². The fourth-order valence-electron chi connectivity index (χ4n) is 3.12. The average Bonchev–Trinajstić information content (AvgIpc) is 3.34. The van der Waals surface area contributed by atoms with Crippen molar-refractivity contribution in [1.29, 1.82) is 5.26 Å². The lowest BCUT2D eigenvalue weighted by molar-refractivity contribution is 0.0956. The number of nitrogens with one attached hydrogen (secondary N) is 1. The number of rotatable bonds is 4. The molecule has 4 aromatic rings. The first kappa shape index (κ1) is 18.9. The van der Waals surface area contributed by atoms with Gasteiger partial charge in [-0.3, -0.25) is 4.79 Å². The van der Waals surface area contributed by atoms with Gasteiger partial charge in [-0.05, 0) is 23.9 Å². The number of amides is 1. The molecule has 5 N–H and O–H groups in total. The van der Waals surface area contributed by atoms with Crippen molar-refractivity contribution in [1.82, 2.24) is 10.3 Å². The summed E-state index contributed by atoms with van der Waals surface area (Å²) < 4.78 is 0. The van der Waals surface area contributed by atoms with E-state index in [1.54, 1.807) is 11.3 Å². The number of thiophene rings is 2. The minimum Gasteiger partial charge on any atom is -0.397 e. The Hall–Kier alpha value is -3.41. The van der Waals surface area contributed by atoms with E-state index in [4.69, 9.17) is 11.5 Å². The summed E-state index contributed by atoms with van der Waals surface area (Å²) in [5, 5.41) is 15.1. The van der Waals surface area contributed by atoms with E-state index in [2.05, 4.69) is 16.4 Å². The maximum atomic E-state index is 12.8. The van der Waals surface area contributed by atoms with E-state index in [0.717, 1.165) is 16.0 Å². The van der Waals surface area contributed by atoms with Gasteiger partial charge in [0.25, 0.3) is 5.91 Å². The molecule has 0 saturated carbocycles. The maximum Gasteiger partial charge on any atom is 0.263 e. The van der Waals surface area contributed by atoms with Crippen LogP contribution in [0, 0.1) is 18.3 Å². The Morgan fingerprint density at radius 3 is 2.66 bits per heavy atom. The van der Waals surface area contributed by atoms with Gasteiger partial charge in [-0.15, -0.1) is 22.7 Å². The molecule has 0 aliphatic carbocycles. The third-order valence-corrected chi connectivity index (χ3v) is 6.54. The fourth-order valence-corrected chi connectivity index (χ4v) is 4.79. The van der Waals surface area contributed by atoms with Gasteiger partial charge in [-0.1, -0.05) is 35.9 Å². The molecule has 0 saturated heterocycles. The molecule has 8 heteroatoms. The zero-order chi connectivity index (χ0) is 20.5. The molecule has 1 aromatic carbocycles. The van der Waals surface area contributed by atoms with Crippen LogP contribution in [-0.2, 0) is 6.54 Å². The molecule has 0 aliphatic heterocycles. The minimum atomic E-state index is -0.272. The van der Waals surface area contributed by atoms with E-state index >= 15 is 0 Å². The van der Waals surface area contributed by atoms with Crippen molar-refractivity contribution in [2.45, 2.75) is 13.5 Å². The number of fused-ring (bicyclic) bond motifs is 1. The molecule has 0 atom stereocenters. The summed E-state index contributed by atoms with van der Waals surface area (Å²) in [4.78, 5) is 19.1. The summed E-state index contributed by atoms with van der Waals surface area (Å²) in [5.74, 6) is -0.145. The first-order valence-electron chi connectivity index (χ1n) is 8.78. The number of pyridine rings is 1. The standard InChI is InChI=1S/C21H17N5OS2/c1-11-4-6-12(7-5-11)15-14(9-22)19(24)26-21-16(15)17(23)18(29-21)20(27)25-10-13-3-2-8-28-13/h2-8H,10,23H2,1H3,(H2,24,26)(H,25,27). The van der Waals surface area contributed by atoms with Crippen LogP contribution in [0.1, 0.15) is 25.7 Å². The number of aryl methyl sites for hydroxylation is 1. The summed E-state index contributed by atoms with van der Waals surface area (Å²) in [6.07, 6.45) is 0. The van der Waals surface area contributed by atoms with Gasteiger partial charge in [0.1, 0.15) is 27.2 Å². The van der Waals surface area contributed by atoms with Crippen molar-refractivity contribution in [3.05, 3.63) is 62.7 Å². The van der Waals surface area contributed by atoms with Gasteiger partial charge in [0.15, 0.2) is 0 Å². The highest BCUT2D eigenvalue weighted by Crippen LogP contribution is 2.42. The van der Waals surface area contributed by atoms with Crippen LogP contribution in [0.5, 0.6) is 0 Å². The first-order valence-corrected chi connectivity index (χ1v) is 10.5. The predicted octanol–water partition coefficient (Wildman–Crippen LogP) is 4.30. The molecule has 0 unspecified atom stereocenters. The molecule has 4 rings (SSSR count). The van der Waals surface area contributed by atoms with Gasteiger partial charge in [-0.25, -0.2) is 4.98 Å². The van der Waals surface area contributed by atoms with Crippen LogP contribution in [0.15, 0.2) is 41.8 Å². The second kappa shape index (κ2) is 7.54. The average molecular weight is 420 g/mol. The van der Waals surface area contributed by atoms with Crippen LogP contribution in [0.3, 0.4) is 0 Å². The molecule has 0 spiro atoms. The van der Waals surface area contributed by atoms with Crippen molar-refractivity contribution in [2.24, 2.45) is 0 Å². The number of anilines is 2. The Bertz CT molecular complexity index is 1250. The van der Waals surface area contributed by atoms with Crippen molar-refractivity contribution in [3.63, 3.8) is 0 Å². The van der Waals surface area contributed by atoms with E-state index in [1.807, 2.05) is 48.7 Å². The highest BCUT2D eigenvalue weighted by atomic mass is 32.1. The Morgan fingerprint density at radius 1 is 1.24 bits per heavy atom. The SMILES string of the molecule is Cc1ccc(-c2c(C#N)c(N)nc3sc(C(=O)NCc4cccs4)c(N)c23)cc1. The number of benzene rings is 1. The third kappa shape index (κ3) is 3.42. The number of hydrogen-bond donors (Lipinski definition) is 3. The fraction of sp³-hybridized carbons (Fsp3) is 0.0952. The number of carbonyl (C=O) groups is 1. The van der Waals surface area contributed by atoms with Gasteiger partial charge in [0.05, 0.1) is 12.2 Å². The molecule has 1 amide bonds. The quantitative estimate of drug-likeness (QED) is 0.456. The molecule has 144 valence electrons. The Balaban J connectivity index is 1.85. The third-order valence-electron chi connectivity index (χ3n) is 4.57. The van der Waals surface area contributed by atoms with Gasteiger partial charge in [0, 0.05) is 15.8 Å². The molecule has 3 aromatic heterocycles. The van der Waals surface area contributed by atoms with Crippen molar-refractivity contribution < 1.29 is 4.79 Å². The molecule has 3 heterocycles. The number of aromatic nitrogens is 1. The second-order valence-corrected chi connectivity index (χ2v) is 8.54. The lowest BCUT2D eigenvalue weighted by Crippen LogP contribution is -2.22.